The average Bonchev–Trinajstić information content (AvgIpc) is 2.50. The van der Waals surface area contributed by atoms with E-state index in [4.69, 9.17) is 14.6 Å². The Labute approximate surface area is 71.1 Å². The zero-order chi connectivity index (χ0) is 7.94. The summed E-state index contributed by atoms with van der Waals surface area (Å²) in [6.07, 6.45) is 0.950. The Morgan fingerprint density at radius 2 is 2.00 bits per heavy atom. The maximum Gasteiger partial charge on any atom is 0.158 e. The fourth-order valence-corrected chi connectivity index (χ4v) is 1.61. The summed E-state index contributed by atoms with van der Waals surface area (Å²) in [6, 6.07) is 0. The SMILES string of the molecule is OCCSCCC1OCCO1. The molecular weight excluding hydrogens is 164 g/mol. The predicted octanol–water partition coefficient (Wildman–Crippen LogP) is 0.475. The molecule has 66 valence electrons. The van der Waals surface area contributed by atoms with Gasteiger partial charge in [-0.25, -0.2) is 0 Å². The first kappa shape index (κ1) is 9.32. The van der Waals surface area contributed by atoms with Crippen LogP contribution in [0.5, 0.6) is 0 Å². The van der Waals surface area contributed by atoms with Gasteiger partial charge in [0.25, 0.3) is 0 Å². The largest absolute Gasteiger partial charge is 0.396 e. The van der Waals surface area contributed by atoms with Crippen LogP contribution in [-0.4, -0.2) is 42.7 Å². The first-order valence-corrected chi connectivity index (χ1v) is 5.01. The molecular formula is C7H14O3S. The van der Waals surface area contributed by atoms with Gasteiger partial charge in [-0.3, -0.25) is 0 Å². The number of ether oxygens (including phenoxy) is 2. The van der Waals surface area contributed by atoms with Crippen LogP contribution in [0.25, 0.3) is 0 Å². The van der Waals surface area contributed by atoms with Crippen molar-refractivity contribution in [2.75, 3.05) is 31.3 Å². The van der Waals surface area contributed by atoms with Crippen LogP contribution in [0, 0.1) is 0 Å². The number of rotatable bonds is 5. The van der Waals surface area contributed by atoms with Crippen molar-refractivity contribution in [1.29, 1.82) is 0 Å². The van der Waals surface area contributed by atoms with Crippen molar-refractivity contribution in [3.8, 4) is 0 Å². The molecule has 11 heavy (non-hydrogen) atoms. The zero-order valence-electron chi connectivity index (χ0n) is 6.49. The average molecular weight is 178 g/mol. The third-order valence-electron chi connectivity index (χ3n) is 1.42. The maximum atomic E-state index is 8.47. The third kappa shape index (κ3) is 3.96. The van der Waals surface area contributed by atoms with E-state index in [1.54, 1.807) is 11.8 Å². The second-order valence-corrected chi connectivity index (χ2v) is 3.52. The van der Waals surface area contributed by atoms with Gasteiger partial charge in [-0.2, -0.15) is 11.8 Å². The maximum absolute atomic E-state index is 8.47. The predicted molar refractivity (Wildman–Crippen MR) is 44.7 cm³/mol. The fraction of sp³-hybridized carbons (Fsp3) is 1.00. The van der Waals surface area contributed by atoms with Crippen LogP contribution >= 0.6 is 11.8 Å². The van der Waals surface area contributed by atoms with E-state index < -0.39 is 0 Å². The minimum Gasteiger partial charge on any atom is -0.396 e. The summed E-state index contributed by atoms with van der Waals surface area (Å²) in [5.74, 6) is 1.82. The highest BCUT2D eigenvalue weighted by Gasteiger charge is 2.14. The standard InChI is InChI=1S/C7H14O3S/c8-2-6-11-5-1-7-9-3-4-10-7/h7-8H,1-6H2. The molecule has 3 nitrogen and oxygen atoms in total. The van der Waals surface area contributed by atoms with Gasteiger partial charge in [0, 0.05) is 12.2 Å². The van der Waals surface area contributed by atoms with Crippen molar-refractivity contribution in [3.63, 3.8) is 0 Å². The second kappa shape index (κ2) is 5.83. The lowest BCUT2D eigenvalue weighted by atomic mass is 10.5. The van der Waals surface area contributed by atoms with Crippen LogP contribution in [0.4, 0.5) is 0 Å². The van der Waals surface area contributed by atoms with Crippen molar-refractivity contribution in [1.82, 2.24) is 0 Å². The number of hydrogen-bond acceptors (Lipinski definition) is 4. The van der Waals surface area contributed by atoms with Gasteiger partial charge in [-0.05, 0) is 5.75 Å². The molecule has 0 bridgehead atoms. The molecule has 0 unspecified atom stereocenters. The van der Waals surface area contributed by atoms with Crippen molar-refractivity contribution >= 4 is 11.8 Å². The van der Waals surface area contributed by atoms with Crippen molar-refractivity contribution < 1.29 is 14.6 Å². The molecule has 1 N–H and O–H groups in total. The van der Waals surface area contributed by atoms with Gasteiger partial charge in [0.2, 0.25) is 0 Å². The molecule has 0 aromatic rings. The highest BCUT2D eigenvalue weighted by Crippen LogP contribution is 2.11. The molecule has 1 heterocycles. The van der Waals surface area contributed by atoms with Gasteiger partial charge in [0.15, 0.2) is 6.29 Å². The van der Waals surface area contributed by atoms with Crippen LogP contribution in [0.15, 0.2) is 0 Å². The van der Waals surface area contributed by atoms with Crippen molar-refractivity contribution in [2.24, 2.45) is 0 Å². The van der Waals surface area contributed by atoms with Crippen LogP contribution in [0.3, 0.4) is 0 Å². The van der Waals surface area contributed by atoms with E-state index in [-0.39, 0.29) is 12.9 Å². The molecule has 0 aliphatic carbocycles. The van der Waals surface area contributed by atoms with Crippen molar-refractivity contribution in [2.45, 2.75) is 12.7 Å². The number of aliphatic hydroxyl groups is 1. The smallest absolute Gasteiger partial charge is 0.158 e. The third-order valence-corrected chi connectivity index (χ3v) is 2.42. The molecule has 1 fully saturated rings. The Hall–Kier alpha value is 0.230. The van der Waals surface area contributed by atoms with E-state index >= 15 is 0 Å². The summed E-state index contributed by atoms with van der Waals surface area (Å²) < 4.78 is 10.5. The molecule has 0 amide bonds. The zero-order valence-corrected chi connectivity index (χ0v) is 7.31. The van der Waals surface area contributed by atoms with Crippen LogP contribution in [-0.2, 0) is 9.47 Å². The topological polar surface area (TPSA) is 38.7 Å². The Morgan fingerprint density at radius 3 is 2.64 bits per heavy atom. The lowest BCUT2D eigenvalue weighted by molar-refractivity contribution is -0.0421. The first-order chi connectivity index (χ1) is 5.43. The molecule has 0 spiro atoms. The second-order valence-electron chi connectivity index (χ2n) is 2.30. The molecule has 0 aromatic heterocycles. The molecule has 0 saturated carbocycles. The van der Waals surface area contributed by atoms with Gasteiger partial charge in [-0.1, -0.05) is 0 Å². The molecule has 1 aliphatic rings. The lowest BCUT2D eigenvalue weighted by Gasteiger charge is -2.06. The number of aliphatic hydroxyl groups excluding tert-OH is 1. The Balaban J connectivity index is 1.86. The minimum absolute atomic E-state index is 0.0150. The summed E-state index contributed by atoms with van der Waals surface area (Å²) in [6.45, 7) is 1.72. The summed E-state index contributed by atoms with van der Waals surface area (Å²) in [5, 5.41) is 8.47. The number of hydrogen-bond donors (Lipinski definition) is 1. The van der Waals surface area contributed by atoms with E-state index in [0.717, 1.165) is 31.1 Å². The highest BCUT2D eigenvalue weighted by molar-refractivity contribution is 7.99. The summed E-state index contributed by atoms with van der Waals surface area (Å²) >= 11 is 1.73. The highest BCUT2D eigenvalue weighted by atomic mass is 32.2. The van der Waals surface area contributed by atoms with Crippen LogP contribution in [0.2, 0.25) is 0 Å². The van der Waals surface area contributed by atoms with E-state index in [0.29, 0.717) is 0 Å². The number of thioether (sulfide) groups is 1. The first-order valence-electron chi connectivity index (χ1n) is 3.85. The van der Waals surface area contributed by atoms with E-state index in [1.807, 2.05) is 0 Å². The van der Waals surface area contributed by atoms with Gasteiger partial charge < -0.3 is 14.6 Å². The van der Waals surface area contributed by atoms with Gasteiger partial charge in [0.1, 0.15) is 0 Å². The molecule has 1 rings (SSSR count). The normalized spacial score (nSPS) is 19.4. The van der Waals surface area contributed by atoms with Gasteiger partial charge in [-0.15, -0.1) is 0 Å². The summed E-state index contributed by atoms with van der Waals surface area (Å²) in [7, 11) is 0. The van der Waals surface area contributed by atoms with Crippen molar-refractivity contribution in [3.05, 3.63) is 0 Å². The fourth-order valence-electron chi connectivity index (χ4n) is 0.920. The summed E-state index contributed by atoms with van der Waals surface area (Å²) in [4.78, 5) is 0. The van der Waals surface area contributed by atoms with Gasteiger partial charge >= 0.3 is 0 Å². The van der Waals surface area contributed by atoms with E-state index in [1.165, 1.54) is 0 Å². The van der Waals surface area contributed by atoms with E-state index in [9.17, 15) is 0 Å². The molecule has 1 saturated heterocycles. The monoisotopic (exact) mass is 178 g/mol. The molecule has 1 aliphatic heterocycles. The lowest BCUT2D eigenvalue weighted by Crippen LogP contribution is -2.08. The quantitative estimate of drug-likeness (QED) is 0.621. The van der Waals surface area contributed by atoms with E-state index in [2.05, 4.69) is 0 Å². The van der Waals surface area contributed by atoms with Gasteiger partial charge in [0.05, 0.1) is 19.8 Å². The summed E-state index contributed by atoms with van der Waals surface area (Å²) in [5.41, 5.74) is 0. The molecule has 4 heteroatoms. The molecule has 0 radical (unpaired) electrons. The Morgan fingerprint density at radius 1 is 1.27 bits per heavy atom. The minimum atomic E-state index is 0.0150. The Kier molecular flexibility index (Phi) is 4.94. The van der Waals surface area contributed by atoms with Crippen LogP contribution in [0.1, 0.15) is 6.42 Å². The molecule has 0 aromatic carbocycles. The van der Waals surface area contributed by atoms with Crippen LogP contribution < -0.4 is 0 Å². The molecule has 0 atom stereocenters. The Bertz CT molecular complexity index is 93.7.